The molecule has 0 aliphatic carbocycles. The molecule has 0 radical (unpaired) electrons. The summed E-state index contributed by atoms with van der Waals surface area (Å²) >= 11 is 5.95. The van der Waals surface area contributed by atoms with E-state index in [0.717, 1.165) is 67.0 Å². The highest BCUT2D eigenvalue weighted by atomic mass is 35.5. The molecule has 9 heteroatoms. The van der Waals surface area contributed by atoms with Crippen molar-refractivity contribution in [2.45, 2.75) is 13.0 Å². The van der Waals surface area contributed by atoms with Crippen LogP contribution in [-0.4, -0.2) is 56.5 Å². The van der Waals surface area contributed by atoms with Crippen molar-refractivity contribution in [2.24, 2.45) is 0 Å². The third-order valence-corrected chi connectivity index (χ3v) is 7.75. The number of aromatic nitrogens is 4. The standard InChI is InChI=1S/C30H26ClN7O/c31-26-18-38(19-33-26)30-32-11-10-27(35-30)37-14-12-36(13-15-37)17-21-6-4-20(5-7-21)16-22-8-9-25-28-23(22)2-1-3-24(28)29(39)34-25/h1-11,18-19H,12-17H2,(H,34,39). The van der Waals surface area contributed by atoms with Gasteiger partial charge in [0.25, 0.3) is 5.91 Å². The maximum absolute atomic E-state index is 12.2. The Hall–Kier alpha value is -4.27. The van der Waals surface area contributed by atoms with Crippen LogP contribution in [-0.2, 0) is 13.0 Å². The summed E-state index contributed by atoms with van der Waals surface area (Å²) in [6, 6.07) is 21.0. The van der Waals surface area contributed by atoms with Gasteiger partial charge in [0.15, 0.2) is 0 Å². The normalized spacial score (nSPS) is 15.2. The van der Waals surface area contributed by atoms with E-state index in [-0.39, 0.29) is 5.91 Å². The molecule has 3 aromatic carbocycles. The van der Waals surface area contributed by atoms with E-state index in [1.54, 1.807) is 23.3 Å². The highest BCUT2D eigenvalue weighted by molar-refractivity contribution is 6.29. The Balaban J connectivity index is 0.983. The van der Waals surface area contributed by atoms with Crippen molar-refractivity contribution in [3.63, 3.8) is 0 Å². The number of carbonyl (C=O) groups is 1. The molecule has 7 rings (SSSR count). The molecule has 4 heterocycles. The largest absolute Gasteiger partial charge is 0.354 e. The minimum absolute atomic E-state index is 0.0143. The van der Waals surface area contributed by atoms with E-state index < -0.39 is 0 Å². The number of halogens is 1. The Morgan fingerprint density at radius 3 is 2.51 bits per heavy atom. The lowest BCUT2D eigenvalue weighted by molar-refractivity contribution is 0.103. The summed E-state index contributed by atoms with van der Waals surface area (Å²) in [5.41, 5.74) is 5.49. The zero-order chi connectivity index (χ0) is 26.3. The number of carbonyl (C=O) groups excluding carboxylic acids is 1. The lowest BCUT2D eigenvalue weighted by atomic mass is 9.95. The van der Waals surface area contributed by atoms with Gasteiger partial charge in [-0.2, -0.15) is 4.98 Å². The summed E-state index contributed by atoms with van der Waals surface area (Å²) < 4.78 is 1.73. The van der Waals surface area contributed by atoms with Crippen LogP contribution in [0.2, 0.25) is 5.15 Å². The van der Waals surface area contributed by atoms with Gasteiger partial charge in [-0.25, -0.2) is 9.97 Å². The van der Waals surface area contributed by atoms with Crippen molar-refractivity contribution >= 4 is 39.8 Å². The highest BCUT2D eigenvalue weighted by Crippen LogP contribution is 2.35. The van der Waals surface area contributed by atoms with E-state index in [1.807, 2.05) is 24.3 Å². The van der Waals surface area contributed by atoms with Crippen LogP contribution in [0.15, 0.2) is 79.4 Å². The third-order valence-electron chi connectivity index (χ3n) is 7.55. The molecule has 194 valence electrons. The van der Waals surface area contributed by atoms with Gasteiger partial charge in [0.2, 0.25) is 5.95 Å². The fourth-order valence-corrected chi connectivity index (χ4v) is 5.68. The number of imidazole rings is 1. The van der Waals surface area contributed by atoms with Crippen LogP contribution in [0.1, 0.15) is 27.0 Å². The maximum atomic E-state index is 12.2. The quantitative estimate of drug-likeness (QED) is 0.331. The first-order valence-corrected chi connectivity index (χ1v) is 13.4. The first-order chi connectivity index (χ1) is 19.1. The molecule has 0 bridgehead atoms. The van der Waals surface area contributed by atoms with Crippen LogP contribution in [0, 0.1) is 0 Å². The minimum Gasteiger partial charge on any atom is -0.354 e. The predicted molar refractivity (Wildman–Crippen MR) is 153 cm³/mol. The number of piperazine rings is 1. The molecular formula is C30H26ClN7O. The van der Waals surface area contributed by atoms with E-state index in [4.69, 9.17) is 16.6 Å². The zero-order valence-electron chi connectivity index (χ0n) is 21.2. The Labute approximate surface area is 230 Å². The van der Waals surface area contributed by atoms with Gasteiger partial charge < -0.3 is 10.2 Å². The number of anilines is 2. The lowest BCUT2D eigenvalue weighted by Gasteiger charge is -2.35. The molecule has 1 fully saturated rings. The molecular weight excluding hydrogens is 510 g/mol. The van der Waals surface area contributed by atoms with Crippen molar-refractivity contribution in [1.82, 2.24) is 24.4 Å². The smallest absolute Gasteiger partial charge is 0.256 e. The first-order valence-electron chi connectivity index (χ1n) is 13.0. The van der Waals surface area contributed by atoms with Crippen molar-refractivity contribution < 1.29 is 4.79 Å². The third kappa shape index (κ3) is 4.62. The number of benzene rings is 3. The first kappa shape index (κ1) is 23.8. The second-order valence-corrected chi connectivity index (χ2v) is 10.4. The second kappa shape index (κ2) is 9.80. The molecule has 0 atom stereocenters. The summed E-state index contributed by atoms with van der Waals surface area (Å²) in [6.45, 7) is 4.66. The molecule has 0 spiro atoms. The monoisotopic (exact) mass is 535 g/mol. The number of rotatable bonds is 6. The Morgan fingerprint density at radius 1 is 0.897 bits per heavy atom. The Kier molecular flexibility index (Phi) is 5.98. The van der Waals surface area contributed by atoms with Gasteiger partial charge in [0, 0.05) is 55.6 Å². The number of nitrogens with one attached hydrogen (secondary N) is 1. The van der Waals surface area contributed by atoms with Gasteiger partial charge in [-0.05, 0) is 46.7 Å². The molecule has 1 amide bonds. The van der Waals surface area contributed by atoms with Crippen LogP contribution in [0.25, 0.3) is 16.7 Å². The molecule has 39 heavy (non-hydrogen) atoms. The lowest BCUT2D eigenvalue weighted by Crippen LogP contribution is -2.46. The van der Waals surface area contributed by atoms with Gasteiger partial charge >= 0.3 is 0 Å². The molecule has 5 aromatic rings. The van der Waals surface area contributed by atoms with Crippen LogP contribution < -0.4 is 10.2 Å². The molecule has 2 aliphatic rings. The zero-order valence-corrected chi connectivity index (χ0v) is 22.0. The van der Waals surface area contributed by atoms with Crippen molar-refractivity contribution in [3.8, 4) is 5.95 Å². The molecule has 1 N–H and O–H groups in total. The fraction of sp³-hybridized carbons (Fsp3) is 0.200. The predicted octanol–water partition coefficient (Wildman–Crippen LogP) is 4.95. The average molecular weight is 536 g/mol. The summed E-state index contributed by atoms with van der Waals surface area (Å²) in [4.78, 5) is 30.1. The van der Waals surface area contributed by atoms with Crippen molar-refractivity contribution in [2.75, 3.05) is 36.4 Å². The van der Waals surface area contributed by atoms with Gasteiger partial charge in [-0.15, -0.1) is 0 Å². The van der Waals surface area contributed by atoms with Crippen LogP contribution in [0.5, 0.6) is 0 Å². The highest BCUT2D eigenvalue weighted by Gasteiger charge is 2.22. The molecule has 2 aliphatic heterocycles. The molecule has 2 aromatic heterocycles. The number of hydrogen-bond donors (Lipinski definition) is 1. The van der Waals surface area contributed by atoms with E-state index in [9.17, 15) is 4.79 Å². The van der Waals surface area contributed by atoms with E-state index >= 15 is 0 Å². The summed E-state index contributed by atoms with van der Waals surface area (Å²) in [7, 11) is 0. The van der Waals surface area contributed by atoms with Gasteiger partial charge in [0.05, 0.1) is 6.20 Å². The molecule has 8 nitrogen and oxygen atoms in total. The number of nitrogens with zero attached hydrogens (tertiary/aromatic N) is 6. The van der Waals surface area contributed by atoms with Gasteiger partial charge in [0.1, 0.15) is 17.3 Å². The Bertz CT molecular complexity index is 1690. The van der Waals surface area contributed by atoms with Crippen molar-refractivity contribution in [3.05, 3.63) is 107 Å². The second-order valence-electron chi connectivity index (χ2n) is 10.0. The molecule has 0 unspecified atom stereocenters. The van der Waals surface area contributed by atoms with Gasteiger partial charge in [-0.3, -0.25) is 14.3 Å². The van der Waals surface area contributed by atoms with Crippen LogP contribution in [0.4, 0.5) is 11.5 Å². The average Bonchev–Trinajstić information content (AvgIpc) is 3.55. The topological polar surface area (TPSA) is 79.2 Å². The molecule has 1 saturated heterocycles. The maximum Gasteiger partial charge on any atom is 0.256 e. The summed E-state index contributed by atoms with van der Waals surface area (Å²) in [5.74, 6) is 1.47. The SMILES string of the molecule is O=C1Nc2ccc(Cc3ccc(CN4CCN(c5ccnc(-n6cnc(Cl)c6)n5)CC4)cc3)c3cccc1c23. The van der Waals surface area contributed by atoms with Crippen LogP contribution >= 0.6 is 11.6 Å². The summed E-state index contributed by atoms with van der Waals surface area (Å²) in [5, 5.41) is 5.58. The van der Waals surface area contributed by atoms with E-state index in [0.29, 0.717) is 11.1 Å². The Morgan fingerprint density at radius 2 is 1.72 bits per heavy atom. The van der Waals surface area contributed by atoms with Crippen LogP contribution in [0.3, 0.4) is 0 Å². The van der Waals surface area contributed by atoms with E-state index in [1.165, 1.54) is 16.7 Å². The number of amides is 1. The summed E-state index contributed by atoms with van der Waals surface area (Å²) in [6.07, 6.45) is 5.94. The van der Waals surface area contributed by atoms with Crippen molar-refractivity contribution in [1.29, 1.82) is 0 Å². The molecule has 0 saturated carbocycles. The number of hydrogen-bond acceptors (Lipinski definition) is 6. The van der Waals surface area contributed by atoms with E-state index in [2.05, 4.69) is 61.5 Å². The minimum atomic E-state index is -0.0143. The van der Waals surface area contributed by atoms with Gasteiger partial charge in [-0.1, -0.05) is 54.1 Å². The fourth-order valence-electron chi connectivity index (χ4n) is 5.53.